The van der Waals surface area contributed by atoms with Gasteiger partial charge in [0, 0.05) is 6.54 Å². The predicted molar refractivity (Wildman–Crippen MR) is 62.7 cm³/mol. The van der Waals surface area contributed by atoms with Gasteiger partial charge in [-0.2, -0.15) is 0 Å². The summed E-state index contributed by atoms with van der Waals surface area (Å²) in [4.78, 5) is 13.5. The summed E-state index contributed by atoms with van der Waals surface area (Å²) < 4.78 is 5.30. The zero-order valence-electron chi connectivity index (χ0n) is 9.40. The summed E-state index contributed by atoms with van der Waals surface area (Å²) >= 11 is 0. The van der Waals surface area contributed by atoms with E-state index in [-0.39, 0.29) is 12.5 Å². The van der Waals surface area contributed by atoms with E-state index in [0.717, 1.165) is 36.4 Å². The van der Waals surface area contributed by atoms with E-state index in [1.807, 2.05) is 18.2 Å². The molecule has 1 aromatic carbocycles. The molecule has 0 aromatic heterocycles. The first-order valence-corrected chi connectivity index (χ1v) is 5.44. The quantitative estimate of drug-likeness (QED) is 0.806. The average molecular weight is 220 g/mol. The van der Waals surface area contributed by atoms with Crippen LogP contribution in [0.2, 0.25) is 0 Å². The van der Waals surface area contributed by atoms with Crippen LogP contribution >= 0.6 is 0 Å². The minimum atomic E-state index is -0.0505. The fourth-order valence-electron chi connectivity index (χ4n) is 2.14. The minimum Gasteiger partial charge on any atom is -0.495 e. The Morgan fingerprint density at radius 2 is 2.38 bits per heavy atom. The Bertz CT molecular complexity index is 390. The molecular weight excluding hydrogens is 204 g/mol. The van der Waals surface area contributed by atoms with Gasteiger partial charge in [-0.3, -0.25) is 4.79 Å². The van der Waals surface area contributed by atoms with Gasteiger partial charge in [0.1, 0.15) is 5.75 Å². The number of rotatable bonds is 2. The van der Waals surface area contributed by atoms with Gasteiger partial charge in [0.05, 0.1) is 19.3 Å². The summed E-state index contributed by atoms with van der Waals surface area (Å²) in [6.45, 7) is 0.765. The lowest BCUT2D eigenvalue weighted by atomic mass is 10.0. The first-order valence-electron chi connectivity index (χ1n) is 5.44. The van der Waals surface area contributed by atoms with Gasteiger partial charge < -0.3 is 15.4 Å². The molecule has 86 valence electrons. The van der Waals surface area contributed by atoms with Crippen molar-refractivity contribution in [3.63, 3.8) is 0 Å². The van der Waals surface area contributed by atoms with E-state index in [9.17, 15) is 4.79 Å². The van der Waals surface area contributed by atoms with Crippen molar-refractivity contribution in [2.75, 3.05) is 25.1 Å². The highest BCUT2D eigenvalue weighted by Gasteiger charge is 2.24. The molecule has 16 heavy (non-hydrogen) atoms. The highest BCUT2D eigenvalue weighted by molar-refractivity contribution is 5.97. The SMILES string of the molecule is COc1cccc2c1N(C(=O)CN)CCC2. The van der Waals surface area contributed by atoms with Crippen molar-refractivity contribution < 1.29 is 9.53 Å². The van der Waals surface area contributed by atoms with Gasteiger partial charge in [0.15, 0.2) is 0 Å². The molecule has 0 saturated carbocycles. The van der Waals surface area contributed by atoms with Gasteiger partial charge in [0.25, 0.3) is 0 Å². The lowest BCUT2D eigenvalue weighted by Gasteiger charge is -2.30. The number of benzene rings is 1. The fourth-order valence-corrected chi connectivity index (χ4v) is 2.14. The number of fused-ring (bicyclic) bond motifs is 1. The number of hydrogen-bond acceptors (Lipinski definition) is 3. The maximum atomic E-state index is 11.7. The van der Waals surface area contributed by atoms with Gasteiger partial charge in [0.2, 0.25) is 5.91 Å². The Labute approximate surface area is 95.0 Å². The Balaban J connectivity index is 2.46. The number of nitrogens with two attached hydrogens (primary N) is 1. The molecule has 1 amide bonds. The molecule has 0 atom stereocenters. The maximum absolute atomic E-state index is 11.7. The molecule has 2 N–H and O–H groups in total. The van der Waals surface area contributed by atoms with Gasteiger partial charge in [-0.25, -0.2) is 0 Å². The maximum Gasteiger partial charge on any atom is 0.240 e. The molecule has 1 aromatic rings. The lowest BCUT2D eigenvalue weighted by molar-refractivity contribution is -0.117. The second-order valence-electron chi connectivity index (χ2n) is 3.82. The monoisotopic (exact) mass is 220 g/mol. The summed E-state index contributed by atoms with van der Waals surface area (Å²) in [5, 5.41) is 0. The summed E-state index contributed by atoms with van der Waals surface area (Å²) in [5.41, 5.74) is 7.47. The second-order valence-corrected chi connectivity index (χ2v) is 3.82. The molecule has 0 saturated heterocycles. The van der Waals surface area contributed by atoms with Gasteiger partial charge in [-0.05, 0) is 24.5 Å². The van der Waals surface area contributed by atoms with Crippen LogP contribution in [0.15, 0.2) is 18.2 Å². The number of nitrogens with zero attached hydrogens (tertiary/aromatic N) is 1. The van der Waals surface area contributed by atoms with E-state index in [4.69, 9.17) is 10.5 Å². The van der Waals surface area contributed by atoms with Crippen LogP contribution in [0.4, 0.5) is 5.69 Å². The Morgan fingerprint density at radius 3 is 3.06 bits per heavy atom. The first-order chi connectivity index (χ1) is 7.77. The van der Waals surface area contributed by atoms with Crippen molar-refractivity contribution in [1.82, 2.24) is 0 Å². The lowest BCUT2D eigenvalue weighted by Crippen LogP contribution is -2.39. The molecular formula is C12H16N2O2. The largest absolute Gasteiger partial charge is 0.495 e. The molecule has 1 aliphatic rings. The van der Waals surface area contributed by atoms with Crippen LogP contribution in [-0.2, 0) is 11.2 Å². The molecule has 4 heteroatoms. The smallest absolute Gasteiger partial charge is 0.240 e. The van der Waals surface area contributed by atoms with Crippen LogP contribution in [0, 0.1) is 0 Å². The number of hydrogen-bond donors (Lipinski definition) is 1. The van der Waals surface area contributed by atoms with E-state index < -0.39 is 0 Å². The van der Waals surface area contributed by atoms with Crippen molar-refractivity contribution in [3.8, 4) is 5.75 Å². The van der Waals surface area contributed by atoms with Crippen LogP contribution < -0.4 is 15.4 Å². The minimum absolute atomic E-state index is 0.0392. The highest BCUT2D eigenvalue weighted by atomic mass is 16.5. The number of aryl methyl sites for hydroxylation is 1. The molecule has 1 aliphatic heterocycles. The first kappa shape index (κ1) is 11.0. The summed E-state index contributed by atoms with van der Waals surface area (Å²) in [5.74, 6) is 0.699. The van der Waals surface area contributed by atoms with E-state index in [2.05, 4.69) is 0 Å². The van der Waals surface area contributed by atoms with Crippen molar-refractivity contribution in [2.24, 2.45) is 5.73 Å². The van der Waals surface area contributed by atoms with Crippen molar-refractivity contribution in [3.05, 3.63) is 23.8 Å². The number of anilines is 1. The fraction of sp³-hybridized carbons (Fsp3) is 0.417. The third-order valence-electron chi connectivity index (χ3n) is 2.88. The molecule has 4 nitrogen and oxygen atoms in total. The van der Waals surface area contributed by atoms with Crippen LogP contribution in [0.25, 0.3) is 0 Å². The molecule has 0 spiro atoms. The van der Waals surface area contributed by atoms with Crippen LogP contribution in [-0.4, -0.2) is 26.1 Å². The topological polar surface area (TPSA) is 55.6 Å². The number of methoxy groups -OCH3 is 1. The van der Waals surface area contributed by atoms with Crippen molar-refractivity contribution in [2.45, 2.75) is 12.8 Å². The summed E-state index contributed by atoms with van der Waals surface area (Å²) in [7, 11) is 1.62. The number of carbonyl (C=O) groups excluding carboxylic acids is 1. The molecule has 1 heterocycles. The van der Waals surface area contributed by atoms with E-state index in [1.54, 1.807) is 12.0 Å². The molecule has 0 unspecified atom stereocenters. The molecule has 0 radical (unpaired) electrons. The number of amides is 1. The summed E-state index contributed by atoms with van der Waals surface area (Å²) in [6.07, 6.45) is 1.97. The van der Waals surface area contributed by atoms with Crippen LogP contribution in [0.5, 0.6) is 5.75 Å². The zero-order chi connectivity index (χ0) is 11.5. The Kier molecular flexibility index (Phi) is 3.10. The van der Waals surface area contributed by atoms with Gasteiger partial charge >= 0.3 is 0 Å². The highest BCUT2D eigenvalue weighted by Crippen LogP contribution is 2.35. The van der Waals surface area contributed by atoms with Crippen LogP contribution in [0.3, 0.4) is 0 Å². The standard InChI is InChI=1S/C12H16N2O2/c1-16-10-6-2-4-9-5-3-7-14(12(9)10)11(15)8-13/h2,4,6H,3,5,7-8,13H2,1H3. The number of ether oxygens (including phenoxy) is 1. The molecule has 0 aliphatic carbocycles. The number of para-hydroxylation sites is 1. The Hall–Kier alpha value is -1.55. The van der Waals surface area contributed by atoms with Crippen molar-refractivity contribution in [1.29, 1.82) is 0 Å². The molecule has 0 fully saturated rings. The molecule has 2 rings (SSSR count). The average Bonchev–Trinajstić information content (AvgIpc) is 2.36. The second kappa shape index (κ2) is 4.53. The van der Waals surface area contributed by atoms with Gasteiger partial charge in [-0.15, -0.1) is 0 Å². The third kappa shape index (κ3) is 1.76. The Morgan fingerprint density at radius 1 is 1.56 bits per heavy atom. The normalized spacial score (nSPS) is 14.5. The number of carbonyl (C=O) groups is 1. The van der Waals surface area contributed by atoms with E-state index in [1.165, 1.54) is 0 Å². The van der Waals surface area contributed by atoms with Crippen molar-refractivity contribution >= 4 is 11.6 Å². The summed E-state index contributed by atoms with van der Waals surface area (Å²) in [6, 6.07) is 5.86. The van der Waals surface area contributed by atoms with E-state index in [0.29, 0.717) is 0 Å². The van der Waals surface area contributed by atoms with E-state index >= 15 is 0 Å². The van der Waals surface area contributed by atoms with Crippen LogP contribution in [0.1, 0.15) is 12.0 Å². The van der Waals surface area contributed by atoms with Gasteiger partial charge in [-0.1, -0.05) is 12.1 Å². The third-order valence-corrected chi connectivity index (χ3v) is 2.88. The zero-order valence-corrected chi connectivity index (χ0v) is 9.40. The molecule has 0 bridgehead atoms. The predicted octanol–water partition coefficient (Wildman–Crippen LogP) is 0.933.